The first-order chi connectivity index (χ1) is 7.81. The molecule has 0 aromatic heterocycles. The number of carbonyl (C=O) groups excluding carboxylic acids is 1. The highest BCUT2D eigenvalue weighted by Crippen LogP contribution is 2.30. The lowest BCUT2D eigenvalue weighted by molar-refractivity contribution is -0.274. The van der Waals surface area contributed by atoms with E-state index in [1.165, 1.54) is 12.1 Å². The first-order valence-corrected chi connectivity index (χ1v) is 5.93. The molecular weight excluding hydrogens is 324 g/mol. The van der Waals surface area contributed by atoms with Gasteiger partial charge in [0.1, 0.15) is 11.5 Å². The molecule has 0 bridgehead atoms. The Morgan fingerprint density at radius 3 is 2.53 bits per heavy atom. The molecule has 0 saturated carbocycles. The van der Waals surface area contributed by atoms with Gasteiger partial charge in [0.15, 0.2) is 0 Å². The van der Waals surface area contributed by atoms with E-state index in [9.17, 15) is 18.0 Å². The van der Waals surface area contributed by atoms with Gasteiger partial charge in [-0.2, -0.15) is 0 Å². The lowest BCUT2D eigenvalue weighted by atomic mass is 10.1. The first kappa shape index (κ1) is 14.3. The highest BCUT2D eigenvalue weighted by molar-refractivity contribution is 9.09. The zero-order valence-electron chi connectivity index (χ0n) is 8.35. The Morgan fingerprint density at radius 2 is 2.06 bits per heavy atom. The van der Waals surface area contributed by atoms with Crippen LogP contribution < -0.4 is 4.74 Å². The summed E-state index contributed by atoms with van der Waals surface area (Å²) in [5.41, 5.74) is 0.536. The summed E-state index contributed by atoms with van der Waals surface area (Å²) in [7, 11) is 0. The second-order valence-corrected chi connectivity index (χ2v) is 4.13. The van der Waals surface area contributed by atoms with Gasteiger partial charge >= 0.3 is 6.36 Å². The molecule has 2 nitrogen and oxygen atoms in total. The van der Waals surface area contributed by atoms with Crippen LogP contribution in [0.1, 0.15) is 5.56 Å². The Morgan fingerprint density at radius 1 is 1.41 bits per heavy atom. The quantitative estimate of drug-likeness (QED) is 0.786. The van der Waals surface area contributed by atoms with E-state index < -0.39 is 12.1 Å². The van der Waals surface area contributed by atoms with Gasteiger partial charge in [-0.15, -0.1) is 13.2 Å². The molecule has 1 aromatic carbocycles. The van der Waals surface area contributed by atoms with Crippen LogP contribution in [0.4, 0.5) is 13.2 Å². The van der Waals surface area contributed by atoms with Crippen LogP contribution in [-0.2, 0) is 11.2 Å². The third kappa shape index (κ3) is 4.95. The SMILES string of the molecule is O=C(CBr)Cc1ccc(OC(F)(F)F)c(Cl)c1. The van der Waals surface area contributed by atoms with E-state index in [4.69, 9.17) is 11.6 Å². The van der Waals surface area contributed by atoms with Crippen molar-refractivity contribution in [3.05, 3.63) is 28.8 Å². The van der Waals surface area contributed by atoms with Crippen molar-refractivity contribution in [3.63, 3.8) is 0 Å². The number of ether oxygens (including phenoxy) is 1. The lowest BCUT2D eigenvalue weighted by Gasteiger charge is -2.11. The summed E-state index contributed by atoms with van der Waals surface area (Å²) in [6, 6.07) is 3.74. The van der Waals surface area contributed by atoms with E-state index in [2.05, 4.69) is 20.7 Å². The fraction of sp³-hybridized carbons (Fsp3) is 0.300. The minimum absolute atomic E-state index is 0.0921. The number of benzene rings is 1. The second kappa shape index (κ2) is 5.73. The number of ketones is 1. The summed E-state index contributed by atoms with van der Waals surface area (Å²) in [6.45, 7) is 0. The normalized spacial score (nSPS) is 11.4. The fourth-order valence-electron chi connectivity index (χ4n) is 1.14. The van der Waals surface area contributed by atoms with Gasteiger partial charge in [0.25, 0.3) is 0 Å². The number of hydrogen-bond donors (Lipinski definition) is 0. The van der Waals surface area contributed by atoms with E-state index >= 15 is 0 Å². The number of alkyl halides is 4. The average molecular weight is 332 g/mol. The van der Waals surface area contributed by atoms with Gasteiger partial charge < -0.3 is 4.74 Å². The van der Waals surface area contributed by atoms with Crippen LogP contribution in [0.5, 0.6) is 5.75 Å². The molecule has 1 aromatic rings. The Labute approximate surface area is 109 Å². The van der Waals surface area contributed by atoms with Crippen LogP contribution in [0.3, 0.4) is 0 Å². The van der Waals surface area contributed by atoms with Crippen molar-refractivity contribution in [1.82, 2.24) is 0 Å². The largest absolute Gasteiger partial charge is 0.573 e. The van der Waals surface area contributed by atoms with Gasteiger partial charge in [0.05, 0.1) is 10.4 Å². The Hall–Kier alpha value is -0.750. The topological polar surface area (TPSA) is 26.3 Å². The van der Waals surface area contributed by atoms with Crippen LogP contribution in [0.25, 0.3) is 0 Å². The lowest BCUT2D eigenvalue weighted by Crippen LogP contribution is -2.17. The van der Waals surface area contributed by atoms with Crippen molar-refractivity contribution in [1.29, 1.82) is 0 Å². The van der Waals surface area contributed by atoms with Gasteiger partial charge in [-0.3, -0.25) is 4.79 Å². The summed E-state index contributed by atoms with van der Waals surface area (Å²) in [4.78, 5) is 11.1. The predicted molar refractivity (Wildman–Crippen MR) is 60.6 cm³/mol. The summed E-state index contributed by atoms with van der Waals surface area (Å²) in [5.74, 6) is -0.570. The number of Topliss-reactive ketones (excluding diaryl/α,β-unsaturated/α-hetero) is 1. The van der Waals surface area contributed by atoms with Crippen molar-refractivity contribution < 1.29 is 22.7 Å². The summed E-state index contributed by atoms with van der Waals surface area (Å²) >= 11 is 8.60. The van der Waals surface area contributed by atoms with Gasteiger partial charge in [0.2, 0.25) is 0 Å². The third-order valence-electron chi connectivity index (χ3n) is 1.77. The zero-order chi connectivity index (χ0) is 13.1. The van der Waals surface area contributed by atoms with Crippen LogP contribution >= 0.6 is 27.5 Å². The average Bonchev–Trinajstić information content (AvgIpc) is 2.20. The standard InChI is InChI=1S/C10H7BrClF3O2/c11-5-7(16)3-6-1-2-9(8(12)4-6)17-10(13,14)15/h1-2,4H,3,5H2. The Kier molecular flexibility index (Phi) is 4.82. The molecular formula is C10H7BrClF3O2. The number of carbonyl (C=O) groups is 1. The molecule has 0 N–H and O–H groups in total. The minimum Gasteiger partial charge on any atom is -0.404 e. The fourth-order valence-corrected chi connectivity index (χ4v) is 1.58. The maximum Gasteiger partial charge on any atom is 0.573 e. The van der Waals surface area contributed by atoms with Gasteiger partial charge in [-0.25, -0.2) is 0 Å². The highest BCUT2D eigenvalue weighted by Gasteiger charge is 2.32. The number of hydrogen-bond acceptors (Lipinski definition) is 2. The monoisotopic (exact) mass is 330 g/mol. The smallest absolute Gasteiger partial charge is 0.404 e. The van der Waals surface area contributed by atoms with Crippen molar-refractivity contribution in [2.24, 2.45) is 0 Å². The number of halogens is 5. The molecule has 0 radical (unpaired) electrons. The zero-order valence-corrected chi connectivity index (χ0v) is 10.7. The van der Waals surface area contributed by atoms with Crippen LogP contribution in [0.15, 0.2) is 18.2 Å². The van der Waals surface area contributed by atoms with Crippen LogP contribution in [0.2, 0.25) is 5.02 Å². The third-order valence-corrected chi connectivity index (χ3v) is 2.69. The van der Waals surface area contributed by atoms with Crippen molar-refractivity contribution in [2.75, 3.05) is 5.33 Å². The molecule has 7 heteroatoms. The molecule has 17 heavy (non-hydrogen) atoms. The molecule has 1 rings (SSSR count). The molecule has 0 heterocycles. The maximum atomic E-state index is 11.9. The Balaban J connectivity index is 2.83. The molecule has 0 atom stereocenters. The van der Waals surface area contributed by atoms with E-state index in [1.807, 2.05) is 0 Å². The molecule has 0 amide bonds. The van der Waals surface area contributed by atoms with Crippen molar-refractivity contribution in [3.8, 4) is 5.75 Å². The molecule has 0 aliphatic carbocycles. The molecule has 0 fully saturated rings. The maximum absolute atomic E-state index is 11.9. The van der Waals surface area contributed by atoms with E-state index in [1.54, 1.807) is 0 Å². The highest BCUT2D eigenvalue weighted by atomic mass is 79.9. The molecule has 0 saturated heterocycles. The summed E-state index contributed by atoms with van der Waals surface area (Å²) < 4.78 is 39.5. The van der Waals surface area contributed by atoms with Gasteiger partial charge in [-0.1, -0.05) is 33.6 Å². The van der Waals surface area contributed by atoms with E-state index in [0.29, 0.717) is 5.56 Å². The van der Waals surface area contributed by atoms with E-state index in [-0.39, 0.29) is 22.6 Å². The summed E-state index contributed by atoms with van der Waals surface area (Å²) in [5, 5.41) is 0.00741. The first-order valence-electron chi connectivity index (χ1n) is 4.43. The van der Waals surface area contributed by atoms with Crippen LogP contribution in [0, 0.1) is 0 Å². The van der Waals surface area contributed by atoms with Crippen molar-refractivity contribution >= 4 is 33.3 Å². The molecule has 0 aliphatic rings. The number of rotatable bonds is 4. The minimum atomic E-state index is -4.78. The molecule has 0 unspecified atom stereocenters. The predicted octanol–water partition coefficient (Wildman–Crippen LogP) is 3.75. The van der Waals surface area contributed by atoms with E-state index in [0.717, 1.165) is 6.07 Å². The second-order valence-electron chi connectivity index (χ2n) is 3.16. The molecule has 0 spiro atoms. The Bertz CT molecular complexity index is 421. The molecule has 94 valence electrons. The van der Waals surface area contributed by atoms with Gasteiger partial charge in [-0.05, 0) is 17.7 Å². The summed E-state index contributed by atoms with van der Waals surface area (Å²) in [6.07, 6.45) is -4.67. The van der Waals surface area contributed by atoms with Crippen molar-refractivity contribution in [2.45, 2.75) is 12.8 Å². The van der Waals surface area contributed by atoms with Gasteiger partial charge in [0, 0.05) is 6.42 Å². The van der Waals surface area contributed by atoms with Crippen LogP contribution in [-0.4, -0.2) is 17.5 Å². The molecule has 0 aliphatic heterocycles.